The minimum atomic E-state index is -4.52. The number of alkyl halides is 3. The maximum atomic E-state index is 12.3. The summed E-state index contributed by atoms with van der Waals surface area (Å²) in [5.74, 6) is -1.38. The molecule has 0 aliphatic carbocycles. The number of hydrogen-bond acceptors (Lipinski definition) is 3. The zero-order chi connectivity index (χ0) is 14.1. The zero-order valence-electron chi connectivity index (χ0n) is 8.82. The van der Waals surface area contributed by atoms with E-state index in [1.807, 2.05) is 0 Å². The second kappa shape index (κ2) is 5.33. The Balaban J connectivity index is 3.24. The van der Waals surface area contributed by atoms with Gasteiger partial charge in [-0.15, -0.1) is 0 Å². The van der Waals surface area contributed by atoms with Crippen molar-refractivity contribution in [2.24, 2.45) is 5.14 Å². The number of primary sulfonamides is 1. The summed E-state index contributed by atoms with van der Waals surface area (Å²) in [6.07, 6.45) is -5.86. The molecule has 0 fully saturated rings. The fourth-order valence-corrected chi connectivity index (χ4v) is 5.18. The predicted octanol–water partition coefficient (Wildman–Crippen LogP) is 2.11. The van der Waals surface area contributed by atoms with Crippen molar-refractivity contribution in [3.8, 4) is 0 Å². The van der Waals surface area contributed by atoms with Crippen LogP contribution in [0.25, 0.3) is 0 Å². The Labute approximate surface area is 109 Å². The van der Waals surface area contributed by atoms with Crippen LogP contribution in [0.15, 0.2) is 15.7 Å². The van der Waals surface area contributed by atoms with E-state index >= 15 is 0 Å². The largest absolute Gasteiger partial charge is 0.396 e. The molecule has 0 aliphatic heterocycles. The van der Waals surface area contributed by atoms with E-state index in [1.165, 1.54) is 11.4 Å². The molecule has 0 bridgehead atoms. The molecule has 4 nitrogen and oxygen atoms in total. The molecule has 0 amide bonds. The van der Waals surface area contributed by atoms with Crippen LogP contribution in [0.1, 0.15) is 17.9 Å². The zero-order valence-corrected chi connectivity index (χ0v) is 11.2. The normalized spacial score (nSPS) is 15.8. The fourth-order valence-electron chi connectivity index (χ4n) is 1.51. The molecule has 10 heteroatoms. The Morgan fingerprint density at radius 3 is 2.44 bits per heavy atom. The number of rotatable bonds is 4. The molecule has 3 N–H and O–H groups in total. The van der Waals surface area contributed by atoms with Gasteiger partial charge < -0.3 is 5.11 Å². The summed E-state index contributed by atoms with van der Waals surface area (Å²) in [5, 5.41) is 15.1. The number of aliphatic hydroxyl groups is 1. The molecule has 0 aromatic carbocycles. The van der Waals surface area contributed by atoms with E-state index in [-0.39, 0.29) is 5.56 Å². The average molecular weight is 325 g/mol. The third-order valence-electron chi connectivity index (χ3n) is 2.18. The van der Waals surface area contributed by atoms with Crippen molar-refractivity contribution in [3.05, 3.63) is 17.0 Å². The predicted molar refractivity (Wildman–Crippen MR) is 62.0 cm³/mol. The Bertz CT molecular complexity index is 526. The van der Waals surface area contributed by atoms with Gasteiger partial charge in [-0.05, 0) is 0 Å². The minimum Gasteiger partial charge on any atom is -0.396 e. The lowest BCUT2D eigenvalue weighted by Gasteiger charge is -2.14. The van der Waals surface area contributed by atoms with Crippen LogP contribution in [0.5, 0.6) is 0 Å². The van der Waals surface area contributed by atoms with Gasteiger partial charge in [0.05, 0.1) is 13.0 Å². The SMILES string of the molecule is NS(=O)(=O)c1c(C(CO)CC(F)(F)F)cc[s+]1Cl. The summed E-state index contributed by atoms with van der Waals surface area (Å²) in [5.41, 5.74) is -0.171. The van der Waals surface area contributed by atoms with Gasteiger partial charge in [0.25, 0.3) is 10.0 Å². The molecule has 1 aromatic rings. The first kappa shape index (κ1) is 15.7. The van der Waals surface area contributed by atoms with Gasteiger partial charge in [0, 0.05) is 17.5 Å². The number of nitrogens with two attached hydrogens (primary N) is 1. The number of sulfonamides is 1. The van der Waals surface area contributed by atoms with Gasteiger partial charge in [-0.1, -0.05) is 0 Å². The molecule has 1 heterocycles. The molecule has 18 heavy (non-hydrogen) atoms. The third kappa shape index (κ3) is 3.82. The van der Waals surface area contributed by atoms with Crippen molar-refractivity contribution in [1.29, 1.82) is 0 Å². The van der Waals surface area contributed by atoms with Gasteiger partial charge in [0.2, 0.25) is 10.7 Å². The van der Waals surface area contributed by atoms with Gasteiger partial charge >= 0.3 is 10.4 Å². The van der Waals surface area contributed by atoms with E-state index in [4.69, 9.17) is 20.9 Å². The van der Waals surface area contributed by atoms with Crippen LogP contribution in [-0.2, 0) is 10.0 Å². The van der Waals surface area contributed by atoms with Gasteiger partial charge in [0.15, 0.2) is 5.38 Å². The van der Waals surface area contributed by atoms with Crippen LogP contribution in [0.4, 0.5) is 13.2 Å². The highest BCUT2D eigenvalue weighted by atomic mass is 35.7. The van der Waals surface area contributed by atoms with E-state index in [2.05, 4.69) is 0 Å². The maximum Gasteiger partial charge on any atom is 0.389 e. The van der Waals surface area contributed by atoms with Crippen molar-refractivity contribution < 1.29 is 26.7 Å². The van der Waals surface area contributed by atoms with Gasteiger partial charge in [-0.25, -0.2) is 13.6 Å². The Hall–Kier alpha value is -0.350. The number of hydrogen-bond donors (Lipinski definition) is 2. The summed E-state index contributed by atoms with van der Waals surface area (Å²) in [6, 6.07) is 1.17. The van der Waals surface area contributed by atoms with Crippen molar-refractivity contribution in [2.45, 2.75) is 22.7 Å². The molecule has 0 saturated heterocycles. The molecular weight excluding hydrogens is 315 g/mol. The van der Waals surface area contributed by atoms with Crippen LogP contribution in [0.3, 0.4) is 0 Å². The lowest BCUT2D eigenvalue weighted by atomic mass is 9.99. The van der Waals surface area contributed by atoms with Gasteiger partial charge in [-0.2, -0.15) is 13.2 Å². The Morgan fingerprint density at radius 2 is 2.06 bits per heavy atom. The summed E-state index contributed by atoms with van der Waals surface area (Å²) in [4.78, 5) is 0. The van der Waals surface area contributed by atoms with Crippen LogP contribution in [0.2, 0.25) is 0 Å². The molecule has 1 rings (SSSR count). The van der Waals surface area contributed by atoms with E-state index in [1.54, 1.807) is 0 Å². The Morgan fingerprint density at radius 1 is 1.50 bits per heavy atom. The number of aliphatic hydroxyl groups excluding tert-OH is 1. The molecule has 1 aromatic heterocycles. The van der Waals surface area contributed by atoms with Crippen LogP contribution in [-0.4, -0.2) is 26.3 Å². The molecule has 2 atom stereocenters. The van der Waals surface area contributed by atoms with Crippen LogP contribution in [0, 0.1) is 0 Å². The smallest absolute Gasteiger partial charge is 0.389 e. The first-order chi connectivity index (χ1) is 8.06. The Kier molecular flexibility index (Phi) is 4.65. The summed E-state index contributed by atoms with van der Waals surface area (Å²) >= 11 is 0. The van der Waals surface area contributed by atoms with Crippen LogP contribution < -0.4 is 5.14 Å². The van der Waals surface area contributed by atoms with Crippen molar-refractivity contribution in [3.63, 3.8) is 0 Å². The monoisotopic (exact) mass is 324 g/mol. The highest BCUT2D eigenvalue weighted by Gasteiger charge is 2.38. The third-order valence-corrected chi connectivity index (χ3v) is 6.18. The topological polar surface area (TPSA) is 80.4 Å². The van der Waals surface area contributed by atoms with E-state index in [9.17, 15) is 21.6 Å². The lowest BCUT2D eigenvalue weighted by Crippen LogP contribution is -2.20. The van der Waals surface area contributed by atoms with E-state index < -0.39 is 49.0 Å². The minimum absolute atomic E-state index is 0.171. The quantitative estimate of drug-likeness (QED) is 0.832. The van der Waals surface area contributed by atoms with E-state index in [0.717, 1.165) is 0 Å². The fraction of sp³-hybridized carbons (Fsp3) is 0.500. The lowest BCUT2D eigenvalue weighted by molar-refractivity contribution is -0.140. The van der Waals surface area contributed by atoms with Crippen molar-refractivity contribution in [2.75, 3.05) is 6.61 Å². The molecule has 0 saturated carbocycles. The molecule has 0 radical (unpaired) electrons. The second-order valence-electron chi connectivity index (χ2n) is 3.57. The molecule has 0 aliphatic rings. The highest BCUT2D eigenvalue weighted by Crippen LogP contribution is 2.42. The molecule has 0 spiro atoms. The molecular formula is C8H10ClF3NO3S2+. The summed E-state index contributed by atoms with van der Waals surface area (Å²) < 4.78 is 59.0. The second-order valence-corrected chi connectivity index (χ2v) is 7.58. The number of thiophene rings is 1. The first-order valence-electron chi connectivity index (χ1n) is 4.58. The summed E-state index contributed by atoms with van der Waals surface area (Å²) in [6.45, 7) is -0.841. The van der Waals surface area contributed by atoms with E-state index in [0.29, 0.717) is 0 Å². The molecule has 104 valence electrons. The number of halogens is 4. The average Bonchev–Trinajstić information content (AvgIpc) is 2.54. The highest BCUT2D eigenvalue weighted by molar-refractivity contribution is 7.93. The van der Waals surface area contributed by atoms with Crippen molar-refractivity contribution in [1.82, 2.24) is 0 Å². The van der Waals surface area contributed by atoms with Crippen molar-refractivity contribution >= 4 is 30.4 Å². The first-order valence-corrected chi connectivity index (χ1v) is 8.24. The standard InChI is InChI=1S/C8H10ClF3NO3S2/c9-17-2-1-6(7(17)18(13,15)16)5(4-14)3-8(10,11)12/h1-2,5,14H,3-4H2,(H2,13,15,16)/q+1. The maximum absolute atomic E-state index is 12.3. The van der Waals surface area contributed by atoms with Gasteiger partial charge in [0.1, 0.15) is 9.68 Å². The molecule has 2 unspecified atom stereocenters. The summed E-state index contributed by atoms with van der Waals surface area (Å²) in [7, 11) is 0.118. The van der Waals surface area contributed by atoms with Crippen LogP contribution >= 0.6 is 20.4 Å². The van der Waals surface area contributed by atoms with Gasteiger partial charge in [-0.3, -0.25) is 0 Å².